The zero-order valence-electron chi connectivity index (χ0n) is 11.4. The maximum atomic E-state index is 5.36. The lowest BCUT2D eigenvalue weighted by atomic mass is 10.2. The van der Waals surface area contributed by atoms with Crippen LogP contribution in [-0.4, -0.2) is 21.3 Å². The fourth-order valence-corrected chi connectivity index (χ4v) is 1.81. The fourth-order valence-electron chi connectivity index (χ4n) is 1.81. The molecule has 0 aromatic heterocycles. The van der Waals surface area contributed by atoms with Gasteiger partial charge in [-0.1, -0.05) is 6.07 Å². The number of hydrogen-bond acceptors (Lipinski definition) is 4. The highest BCUT2D eigenvalue weighted by Crippen LogP contribution is 2.31. The SMILES string of the molecule is CNc1cccc(Nc2ccc(OC)cc2OC)c1. The number of nitrogens with one attached hydrogen (secondary N) is 2. The van der Waals surface area contributed by atoms with Crippen LogP contribution in [0.5, 0.6) is 11.5 Å². The fraction of sp³-hybridized carbons (Fsp3) is 0.200. The Morgan fingerprint density at radius 3 is 2.37 bits per heavy atom. The first-order valence-corrected chi connectivity index (χ1v) is 6.03. The van der Waals surface area contributed by atoms with E-state index in [9.17, 15) is 0 Å². The minimum atomic E-state index is 0.745. The van der Waals surface area contributed by atoms with E-state index in [2.05, 4.69) is 10.6 Å². The van der Waals surface area contributed by atoms with Gasteiger partial charge in [0, 0.05) is 24.5 Å². The molecule has 0 aliphatic heterocycles. The smallest absolute Gasteiger partial charge is 0.145 e. The van der Waals surface area contributed by atoms with Crippen LogP contribution in [0.25, 0.3) is 0 Å². The van der Waals surface area contributed by atoms with Crippen LogP contribution in [0.2, 0.25) is 0 Å². The van der Waals surface area contributed by atoms with E-state index in [1.807, 2.05) is 49.5 Å². The maximum absolute atomic E-state index is 5.36. The van der Waals surface area contributed by atoms with E-state index in [0.29, 0.717) is 0 Å². The molecule has 0 amide bonds. The van der Waals surface area contributed by atoms with Crippen molar-refractivity contribution in [3.8, 4) is 11.5 Å². The van der Waals surface area contributed by atoms with Crippen molar-refractivity contribution in [2.24, 2.45) is 0 Å². The lowest BCUT2D eigenvalue weighted by Gasteiger charge is -2.13. The van der Waals surface area contributed by atoms with E-state index in [0.717, 1.165) is 28.6 Å². The highest BCUT2D eigenvalue weighted by Gasteiger charge is 2.05. The molecule has 4 nitrogen and oxygen atoms in total. The highest BCUT2D eigenvalue weighted by atomic mass is 16.5. The van der Waals surface area contributed by atoms with Crippen molar-refractivity contribution in [2.75, 3.05) is 31.9 Å². The average molecular weight is 258 g/mol. The summed E-state index contributed by atoms with van der Waals surface area (Å²) in [4.78, 5) is 0. The number of hydrogen-bond donors (Lipinski definition) is 2. The van der Waals surface area contributed by atoms with Gasteiger partial charge in [-0.05, 0) is 30.3 Å². The number of anilines is 3. The Hall–Kier alpha value is -2.36. The summed E-state index contributed by atoms with van der Waals surface area (Å²) in [5.41, 5.74) is 2.95. The van der Waals surface area contributed by atoms with Gasteiger partial charge >= 0.3 is 0 Å². The molecule has 0 unspecified atom stereocenters. The van der Waals surface area contributed by atoms with Gasteiger partial charge in [-0.2, -0.15) is 0 Å². The lowest BCUT2D eigenvalue weighted by molar-refractivity contribution is 0.395. The normalized spacial score (nSPS) is 9.84. The van der Waals surface area contributed by atoms with Crippen molar-refractivity contribution < 1.29 is 9.47 Å². The van der Waals surface area contributed by atoms with Gasteiger partial charge in [0.1, 0.15) is 11.5 Å². The van der Waals surface area contributed by atoms with Gasteiger partial charge in [0.25, 0.3) is 0 Å². The minimum absolute atomic E-state index is 0.745. The molecule has 0 fully saturated rings. The van der Waals surface area contributed by atoms with E-state index < -0.39 is 0 Å². The number of benzene rings is 2. The van der Waals surface area contributed by atoms with Crippen molar-refractivity contribution in [2.45, 2.75) is 0 Å². The Morgan fingerprint density at radius 2 is 1.68 bits per heavy atom. The zero-order chi connectivity index (χ0) is 13.7. The van der Waals surface area contributed by atoms with Crippen LogP contribution in [0.4, 0.5) is 17.1 Å². The molecule has 0 saturated heterocycles. The zero-order valence-corrected chi connectivity index (χ0v) is 11.4. The molecule has 2 aromatic rings. The van der Waals surface area contributed by atoms with E-state index in [-0.39, 0.29) is 0 Å². The van der Waals surface area contributed by atoms with Crippen LogP contribution in [0.1, 0.15) is 0 Å². The van der Waals surface area contributed by atoms with Crippen molar-refractivity contribution in [1.82, 2.24) is 0 Å². The first-order chi connectivity index (χ1) is 9.26. The largest absolute Gasteiger partial charge is 0.497 e. The molecule has 0 spiro atoms. The van der Waals surface area contributed by atoms with Crippen LogP contribution in [0.15, 0.2) is 42.5 Å². The van der Waals surface area contributed by atoms with Crippen molar-refractivity contribution >= 4 is 17.1 Å². The van der Waals surface area contributed by atoms with Crippen LogP contribution >= 0.6 is 0 Å². The molecule has 0 atom stereocenters. The first kappa shape index (κ1) is 13.1. The van der Waals surface area contributed by atoms with E-state index in [1.54, 1.807) is 14.2 Å². The predicted octanol–water partition coefficient (Wildman–Crippen LogP) is 3.49. The Balaban J connectivity index is 2.26. The summed E-state index contributed by atoms with van der Waals surface area (Å²) in [6.45, 7) is 0. The molecule has 0 heterocycles. The predicted molar refractivity (Wildman–Crippen MR) is 78.8 cm³/mol. The third-order valence-electron chi connectivity index (χ3n) is 2.84. The van der Waals surface area contributed by atoms with Crippen LogP contribution in [-0.2, 0) is 0 Å². The lowest BCUT2D eigenvalue weighted by Crippen LogP contribution is -1.96. The van der Waals surface area contributed by atoms with E-state index >= 15 is 0 Å². The molecule has 2 N–H and O–H groups in total. The molecule has 0 aliphatic carbocycles. The second kappa shape index (κ2) is 6.00. The third kappa shape index (κ3) is 3.10. The molecule has 100 valence electrons. The molecule has 2 rings (SSSR count). The van der Waals surface area contributed by atoms with Crippen LogP contribution in [0.3, 0.4) is 0 Å². The topological polar surface area (TPSA) is 42.5 Å². The number of ether oxygens (including phenoxy) is 2. The Kier molecular flexibility index (Phi) is 4.13. The van der Waals surface area contributed by atoms with E-state index in [1.165, 1.54) is 0 Å². The summed E-state index contributed by atoms with van der Waals surface area (Å²) in [6.07, 6.45) is 0. The van der Waals surface area contributed by atoms with Gasteiger partial charge in [-0.15, -0.1) is 0 Å². The number of rotatable bonds is 5. The van der Waals surface area contributed by atoms with Crippen molar-refractivity contribution in [3.63, 3.8) is 0 Å². The van der Waals surface area contributed by atoms with Crippen LogP contribution < -0.4 is 20.1 Å². The second-order valence-corrected chi connectivity index (χ2v) is 4.02. The molecular weight excluding hydrogens is 240 g/mol. The van der Waals surface area contributed by atoms with E-state index in [4.69, 9.17) is 9.47 Å². The summed E-state index contributed by atoms with van der Waals surface area (Å²) < 4.78 is 10.5. The summed E-state index contributed by atoms with van der Waals surface area (Å²) in [6, 6.07) is 13.7. The third-order valence-corrected chi connectivity index (χ3v) is 2.84. The van der Waals surface area contributed by atoms with Crippen LogP contribution in [0, 0.1) is 0 Å². The highest BCUT2D eigenvalue weighted by molar-refractivity contribution is 5.69. The van der Waals surface area contributed by atoms with Gasteiger partial charge < -0.3 is 20.1 Å². The molecule has 0 aliphatic rings. The second-order valence-electron chi connectivity index (χ2n) is 4.02. The van der Waals surface area contributed by atoms with Crippen molar-refractivity contribution in [1.29, 1.82) is 0 Å². The van der Waals surface area contributed by atoms with Crippen molar-refractivity contribution in [3.05, 3.63) is 42.5 Å². The summed E-state index contributed by atoms with van der Waals surface area (Å²) in [7, 11) is 5.18. The van der Waals surface area contributed by atoms with Gasteiger partial charge in [-0.25, -0.2) is 0 Å². The number of methoxy groups -OCH3 is 2. The Morgan fingerprint density at radius 1 is 0.895 bits per heavy atom. The van der Waals surface area contributed by atoms with Gasteiger partial charge in [-0.3, -0.25) is 0 Å². The molecule has 0 saturated carbocycles. The monoisotopic (exact) mass is 258 g/mol. The van der Waals surface area contributed by atoms with Gasteiger partial charge in [0.2, 0.25) is 0 Å². The standard InChI is InChI=1S/C15H18N2O2/c1-16-11-5-4-6-12(9-11)17-14-8-7-13(18-2)10-15(14)19-3/h4-10,16-17H,1-3H3. The average Bonchev–Trinajstić information content (AvgIpc) is 2.48. The van der Waals surface area contributed by atoms with Gasteiger partial charge in [0.05, 0.1) is 19.9 Å². The maximum Gasteiger partial charge on any atom is 0.145 e. The molecular formula is C15H18N2O2. The Labute approximate surface area is 113 Å². The Bertz CT molecular complexity index is 556. The minimum Gasteiger partial charge on any atom is -0.497 e. The summed E-state index contributed by atoms with van der Waals surface area (Å²) in [5.74, 6) is 1.51. The molecule has 0 radical (unpaired) electrons. The molecule has 19 heavy (non-hydrogen) atoms. The summed E-state index contributed by atoms with van der Waals surface area (Å²) >= 11 is 0. The molecule has 2 aromatic carbocycles. The molecule has 4 heteroatoms. The quantitative estimate of drug-likeness (QED) is 0.861. The van der Waals surface area contributed by atoms with Gasteiger partial charge in [0.15, 0.2) is 0 Å². The first-order valence-electron chi connectivity index (χ1n) is 6.03. The summed E-state index contributed by atoms with van der Waals surface area (Å²) in [5, 5.41) is 6.44. The molecule has 0 bridgehead atoms.